The average molecular weight is 414 g/mol. The third kappa shape index (κ3) is 3.65. The molecule has 0 unspecified atom stereocenters. The maximum absolute atomic E-state index is 13.0. The van der Waals surface area contributed by atoms with Gasteiger partial charge in [-0.25, -0.2) is 4.79 Å². The van der Waals surface area contributed by atoms with Crippen LogP contribution >= 0.6 is 15.9 Å². The Morgan fingerprint density at radius 3 is 2.54 bits per heavy atom. The molecule has 1 fully saturated rings. The van der Waals surface area contributed by atoms with Gasteiger partial charge in [-0.2, -0.15) is 0 Å². The first kappa shape index (κ1) is 18.2. The summed E-state index contributed by atoms with van der Waals surface area (Å²) in [5.41, 5.74) is 4.09. The van der Waals surface area contributed by atoms with Crippen LogP contribution in [0.15, 0.2) is 59.2 Å². The van der Waals surface area contributed by atoms with Crippen LogP contribution < -0.4 is 16.0 Å². The lowest BCUT2D eigenvalue weighted by atomic mass is 9.88. The lowest BCUT2D eigenvalue weighted by molar-refractivity contribution is -0.119. The molecule has 0 spiro atoms. The zero-order valence-electron chi connectivity index (χ0n) is 14.6. The van der Waals surface area contributed by atoms with Gasteiger partial charge in [-0.1, -0.05) is 46.8 Å². The molecule has 0 aliphatic carbocycles. The molecule has 1 aliphatic heterocycles. The minimum Gasteiger partial charge on any atom is -0.330 e. The summed E-state index contributed by atoms with van der Waals surface area (Å²) in [6, 6.07) is 12.4. The van der Waals surface area contributed by atoms with Crippen molar-refractivity contribution >= 4 is 33.6 Å². The Hall–Kier alpha value is -2.60. The largest absolute Gasteiger partial charge is 0.330 e. The number of carbonyl (C=O) groups is 2. The minimum absolute atomic E-state index is 0.218. The average Bonchev–Trinajstić information content (AvgIpc) is 2.59. The number of hydrogen-bond acceptors (Lipinski definition) is 2. The molecular formula is C20H20BrN3O2. The Labute approximate surface area is 161 Å². The van der Waals surface area contributed by atoms with Crippen LogP contribution in [0.4, 0.5) is 10.5 Å². The molecule has 3 N–H and O–H groups in total. The van der Waals surface area contributed by atoms with Crippen LogP contribution in [-0.4, -0.2) is 11.9 Å². The van der Waals surface area contributed by atoms with E-state index in [2.05, 4.69) is 38.5 Å². The first-order valence-electron chi connectivity index (χ1n) is 8.25. The fourth-order valence-corrected chi connectivity index (χ4v) is 3.30. The summed E-state index contributed by atoms with van der Waals surface area (Å²) >= 11 is 3.40. The van der Waals surface area contributed by atoms with Gasteiger partial charge in [0.2, 0.25) is 5.91 Å². The van der Waals surface area contributed by atoms with E-state index in [4.69, 9.17) is 0 Å². The van der Waals surface area contributed by atoms with Crippen LogP contribution in [0.1, 0.15) is 22.7 Å². The predicted molar refractivity (Wildman–Crippen MR) is 106 cm³/mol. The molecule has 2 atom stereocenters. The SMILES string of the molecule is C=C1NC(=O)N[C@@H](c2ccc(Br)cc2)[C@@H]1C(=O)Nc1cccc(C)c1C. The highest BCUT2D eigenvalue weighted by Crippen LogP contribution is 2.31. The number of carbonyl (C=O) groups excluding carboxylic acids is 2. The molecule has 6 heteroatoms. The summed E-state index contributed by atoms with van der Waals surface area (Å²) in [5, 5.41) is 8.43. The minimum atomic E-state index is -0.631. The van der Waals surface area contributed by atoms with Gasteiger partial charge in [0.25, 0.3) is 0 Å². The van der Waals surface area contributed by atoms with Crippen molar-refractivity contribution in [2.45, 2.75) is 19.9 Å². The monoisotopic (exact) mass is 413 g/mol. The van der Waals surface area contributed by atoms with Crippen molar-refractivity contribution in [3.8, 4) is 0 Å². The van der Waals surface area contributed by atoms with E-state index in [1.165, 1.54) is 0 Å². The molecule has 1 heterocycles. The maximum atomic E-state index is 13.0. The first-order valence-corrected chi connectivity index (χ1v) is 9.05. The molecule has 3 rings (SSSR count). The summed E-state index contributed by atoms with van der Waals surface area (Å²) in [6.07, 6.45) is 0. The molecule has 1 saturated heterocycles. The normalized spacial score (nSPS) is 19.5. The van der Waals surface area contributed by atoms with E-state index in [1.54, 1.807) is 0 Å². The van der Waals surface area contributed by atoms with Crippen molar-refractivity contribution in [3.63, 3.8) is 0 Å². The Balaban J connectivity index is 1.91. The van der Waals surface area contributed by atoms with E-state index >= 15 is 0 Å². The van der Waals surface area contributed by atoms with E-state index in [0.717, 1.165) is 26.9 Å². The van der Waals surface area contributed by atoms with Gasteiger partial charge in [-0.3, -0.25) is 4.79 Å². The van der Waals surface area contributed by atoms with Crippen LogP contribution in [-0.2, 0) is 4.79 Å². The summed E-state index contributed by atoms with van der Waals surface area (Å²) < 4.78 is 0.928. The van der Waals surface area contributed by atoms with Gasteiger partial charge in [0, 0.05) is 15.9 Å². The molecule has 2 aromatic carbocycles. The predicted octanol–water partition coefficient (Wildman–Crippen LogP) is 4.19. The zero-order valence-corrected chi connectivity index (χ0v) is 16.2. The Kier molecular flexibility index (Phi) is 5.13. The van der Waals surface area contributed by atoms with Crippen LogP contribution in [0.2, 0.25) is 0 Å². The van der Waals surface area contributed by atoms with Gasteiger partial charge in [-0.15, -0.1) is 0 Å². The topological polar surface area (TPSA) is 70.2 Å². The number of halogens is 1. The second-order valence-electron chi connectivity index (χ2n) is 6.37. The number of aryl methyl sites for hydroxylation is 1. The van der Waals surface area contributed by atoms with Crippen molar-refractivity contribution in [2.24, 2.45) is 5.92 Å². The fraction of sp³-hybridized carbons (Fsp3) is 0.200. The molecule has 0 aromatic heterocycles. The molecule has 1 aliphatic rings. The third-order valence-corrected chi connectivity index (χ3v) is 5.17. The molecule has 0 bridgehead atoms. The fourth-order valence-electron chi connectivity index (χ4n) is 3.04. The Morgan fingerprint density at radius 1 is 1.15 bits per heavy atom. The van der Waals surface area contributed by atoms with Crippen molar-refractivity contribution in [1.29, 1.82) is 0 Å². The van der Waals surface area contributed by atoms with Gasteiger partial charge in [-0.05, 0) is 48.7 Å². The standard InChI is InChI=1S/C20H20BrN3O2/c1-11-5-4-6-16(12(11)2)23-19(25)17-13(3)22-20(26)24-18(17)14-7-9-15(21)10-8-14/h4-10,17-18H,3H2,1-2H3,(H,23,25)(H2,22,24,26)/t17-,18+/m1/s1. The molecule has 2 aromatic rings. The molecule has 5 nitrogen and oxygen atoms in total. The molecule has 26 heavy (non-hydrogen) atoms. The lowest BCUT2D eigenvalue weighted by Crippen LogP contribution is -2.51. The molecule has 3 amide bonds. The molecular weight excluding hydrogens is 394 g/mol. The van der Waals surface area contributed by atoms with Crippen LogP contribution in [0, 0.1) is 19.8 Å². The lowest BCUT2D eigenvalue weighted by Gasteiger charge is -2.34. The van der Waals surface area contributed by atoms with E-state index in [0.29, 0.717) is 5.70 Å². The van der Waals surface area contributed by atoms with E-state index in [1.807, 2.05) is 56.3 Å². The van der Waals surface area contributed by atoms with E-state index in [-0.39, 0.29) is 11.9 Å². The van der Waals surface area contributed by atoms with Crippen molar-refractivity contribution in [2.75, 3.05) is 5.32 Å². The number of urea groups is 1. The van der Waals surface area contributed by atoms with Crippen molar-refractivity contribution in [1.82, 2.24) is 10.6 Å². The highest BCUT2D eigenvalue weighted by Gasteiger charge is 2.37. The number of amides is 3. The number of hydrogen-bond donors (Lipinski definition) is 3. The number of rotatable bonds is 3. The number of benzene rings is 2. The summed E-state index contributed by atoms with van der Waals surface area (Å²) in [5.74, 6) is -0.849. The number of nitrogens with one attached hydrogen (secondary N) is 3. The second kappa shape index (κ2) is 7.33. The summed E-state index contributed by atoms with van der Waals surface area (Å²) in [7, 11) is 0. The Morgan fingerprint density at radius 2 is 1.85 bits per heavy atom. The number of anilines is 1. The third-order valence-electron chi connectivity index (χ3n) is 4.64. The van der Waals surface area contributed by atoms with Crippen molar-refractivity contribution < 1.29 is 9.59 Å². The van der Waals surface area contributed by atoms with E-state index in [9.17, 15) is 9.59 Å². The summed E-state index contributed by atoms with van der Waals surface area (Å²) in [6.45, 7) is 7.86. The van der Waals surface area contributed by atoms with Gasteiger partial charge in [0.15, 0.2) is 0 Å². The maximum Gasteiger partial charge on any atom is 0.319 e. The molecule has 134 valence electrons. The van der Waals surface area contributed by atoms with E-state index < -0.39 is 12.0 Å². The molecule has 0 saturated carbocycles. The van der Waals surface area contributed by atoms with Crippen LogP contribution in [0.3, 0.4) is 0 Å². The smallest absolute Gasteiger partial charge is 0.319 e. The van der Waals surface area contributed by atoms with Gasteiger partial charge in [0.1, 0.15) is 5.92 Å². The Bertz CT molecular complexity index is 877. The van der Waals surface area contributed by atoms with Crippen LogP contribution in [0.25, 0.3) is 0 Å². The highest BCUT2D eigenvalue weighted by atomic mass is 79.9. The summed E-state index contributed by atoms with van der Waals surface area (Å²) in [4.78, 5) is 25.0. The quantitative estimate of drug-likeness (QED) is 0.705. The zero-order chi connectivity index (χ0) is 18.8. The van der Waals surface area contributed by atoms with Crippen LogP contribution in [0.5, 0.6) is 0 Å². The van der Waals surface area contributed by atoms with Crippen molar-refractivity contribution in [3.05, 3.63) is 75.9 Å². The molecule has 0 radical (unpaired) electrons. The first-order chi connectivity index (χ1) is 12.4. The second-order valence-corrected chi connectivity index (χ2v) is 7.28. The highest BCUT2D eigenvalue weighted by molar-refractivity contribution is 9.10. The van der Waals surface area contributed by atoms with Gasteiger partial charge >= 0.3 is 6.03 Å². The van der Waals surface area contributed by atoms with Gasteiger partial charge < -0.3 is 16.0 Å². The van der Waals surface area contributed by atoms with Gasteiger partial charge in [0.05, 0.1) is 6.04 Å².